The summed E-state index contributed by atoms with van der Waals surface area (Å²) in [5, 5.41) is 2.88. The molecule has 2 rings (SSSR count). The lowest BCUT2D eigenvalue weighted by atomic mass is 10.0. The average molecular weight is 495 g/mol. The first-order valence-electron chi connectivity index (χ1n) is 12.3. The van der Waals surface area contributed by atoms with Gasteiger partial charge in [-0.05, 0) is 51.3 Å². The molecule has 192 valence electrons. The van der Waals surface area contributed by atoms with Gasteiger partial charge in [0.1, 0.15) is 6.04 Å². The molecule has 1 N–H and O–H groups in total. The van der Waals surface area contributed by atoms with E-state index in [0.29, 0.717) is 26.2 Å². The Balaban J connectivity index is 2.19. The lowest BCUT2D eigenvalue weighted by Crippen LogP contribution is -2.52. The van der Waals surface area contributed by atoms with Crippen molar-refractivity contribution in [3.8, 4) is 0 Å². The summed E-state index contributed by atoms with van der Waals surface area (Å²) >= 11 is 0. The van der Waals surface area contributed by atoms with Crippen LogP contribution in [0.25, 0.3) is 0 Å². The summed E-state index contributed by atoms with van der Waals surface area (Å²) in [4.78, 5) is 30.8. The van der Waals surface area contributed by atoms with E-state index >= 15 is 0 Å². The van der Waals surface area contributed by atoms with Crippen LogP contribution in [0.1, 0.15) is 65.2 Å². The first-order valence-corrected chi connectivity index (χ1v) is 13.7. The molecular formula is C25H42N4O4S. The Kier molecular flexibility index (Phi) is 9.68. The van der Waals surface area contributed by atoms with Gasteiger partial charge in [-0.1, -0.05) is 33.8 Å². The first kappa shape index (κ1) is 28.3. The van der Waals surface area contributed by atoms with Crippen LogP contribution in [-0.2, 0) is 14.8 Å². The maximum Gasteiger partial charge on any atom is 0.251 e. The molecular weight excluding hydrogens is 452 g/mol. The van der Waals surface area contributed by atoms with Gasteiger partial charge < -0.3 is 10.2 Å². The zero-order chi connectivity index (χ0) is 25.7. The van der Waals surface area contributed by atoms with Crippen LogP contribution in [0, 0.1) is 5.92 Å². The third kappa shape index (κ3) is 6.79. The van der Waals surface area contributed by atoms with Crippen LogP contribution in [-0.4, -0.2) is 85.2 Å². The SMILES string of the molecule is CCN(CC)S(=O)(=O)c1cccc(C(=O)NC(C(=O)N2CCCN(C(C)(C)C)CC2)C(C)C)c1. The van der Waals surface area contributed by atoms with Crippen molar-refractivity contribution in [2.45, 2.75) is 71.4 Å². The quantitative estimate of drug-likeness (QED) is 0.600. The van der Waals surface area contributed by atoms with Crippen LogP contribution in [0.3, 0.4) is 0 Å². The van der Waals surface area contributed by atoms with E-state index < -0.39 is 22.0 Å². The zero-order valence-electron chi connectivity index (χ0n) is 21.8. The molecule has 0 saturated carbocycles. The number of nitrogens with zero attached hydrogens (tertiary/aromatic N) is 3. The van der Waals surface area contributed by atoms with E-state index in [0.717, 1.165) is 19.5 Å². The highest BCUT2D eigenvalue weighted by Gasteiger charge is 2.32. The fourth-order valence-electron chi connectivity index (χ4n) is 4.25. The zero-order valence-corrected chi connectivity index (χ0v) is 22.6. The van der Waals surface area contributed by atoms with E-state index in [1.54, 1.807) is 26.0 Å². The molecule has 0 aromatic heterocycles. The summed E-state index contributed by atoms with van der Waals surface area (Å²) in [7, 11) is -3.68. The molecule has 1 aliphatic rings. The molecule has 1 aliphatic heterocycles. The van der Waals surface area contributed by atoms with Crippen LogP contribution in [0.2, 0.25) is 0 Å². The van der Waals surface area contributed by atoms with Crippen molar-refractivity contribution < 1.29 is 18.0 Å². The predicted octanol–water partition coefficient (Wildman–Crippen LogP) is 2.80. The number of rotatable bonds is 8. The number of carbonyl (C=O) groups is 2. The minimum Gasteiger partial charge on any atom is -0.340 e. The highest BCUT2D eigenvalue weighted by atomic mass is 32.2. The van der Waals surface area contributed by atoms with E-state index in [2.05, 4.69) is 31.0 Å². The Morgan fingerprint density at radius 1 is 1.06 bits per heavy atom. The second kappa shape index (κ2) is 11.6. The van der Waals surface area contributed by atoms with Crippen LogP contribution in [0.15, 0.2) is 29.2 Å². The molecule has 1 aromatic carbocycles. The summed E-state index contributed by atoms with van der Waals surface area (Å²) in [6, 6.07) is 5.33. The molecule has 1 unspecified atom stereocenters. The van der Waals surface area contributed by atoms with Crippen LogP contribution in [0.5, 0.6) is 0 Å². The van der Waals surface area contributed by atoms with Gasteiger partial charge in [0.2, 0.25) is 15.9 Å². The molecule has 1 fully saturated rings. The number of hydrogen-bond donors (Lipinski definition) is 1. The first-order chi connectivity index (χ1) is 15.8. The molecule has 1 saturated heterocycles. The van der Waals surface area contributed by atoms with Crippen molar-refractivity contribution >= 4 is 21.8 Å². The monoisotopic (exact) mass is 494 g/mol. The van der Waals surface area contributed by atoms with Gasteiger partial charge in [0.05, 0.1) is 4.90 Å². The van der Waals surface area contributed by atoms with Crippen LogP contribution >= 0.6 is 0 Å². The van der Waals surface area contributed by atoms with E-state index in [-0.39, 0.29) is 27.8 Å². The lowest BCUT2D eigenvalue weighted by Gasteiger charge is -2.34. The predicted molar refractivity (Wildman–Crippen MR) is 135 cm³/mol. The third-order valence-electron chi connectivity index (χ3n) is 6.41. The molecule has 1 heterocycles. The largest absolute Gasteiger partial charge is 0.340 e. The number of hydrogen-bond acceptors (Lipinski definition) is 5. The van der Waals surface area contributed by atoms with Crippen molar-refractivity contribution in [1.29, 1.82) is 0 Å². The van der Waals surface area contributed by atoms with Crippen molar-refractivity contribution in [3.63, 3.8) is 0 Å². The van der Waals surface area contributed by atoms with Gasteiger partial charge in [-0.3, -0.25) is 14.5 Å². The maximum absolute atomic E-state index is 13.4. The summed E-state index contributed by atoms with van der Waals surface area (Å²) in [5.41, 5.74) is 0.266. The number of sulfonamides is 1. The Bertz CT molecular complexity index is 952. The molecule has 9 heteroatoms. The summed E-state index contributed by atoms with van der Waals surface area (Å²) in [5.74, 6) is -0.651. The van der Waals surface area contributed by atoms with E-state index in [1.165, 1.54) is 16.4 Å². The molecule has 1 atom stereocenters. The Hall–Kier alpha value is -1.97. The second-order valence-corrected chi connectivity index (χ2v) is 12.1. The molecule has 0 spiro atoms. The molecule has 1 aromatic rings. The van der Waals surface area contributed by atoms with E-state index in [1.807, 2.05) is 18.7 Å². The summed E-state index contributed by atoms with van der Waals surface area (Å²) in [6.45, 7) is 17.6. The molecule has 0 bridgehead atoms. The van der Waals surface area contributed by atoms with Gasteiger partial charge in [-0.25, -0.2) is 8.42 Å². The normalized spacial score (nSPS) is 17.0. The van der Waals surface area contributed by atoms with Crippen molar-refractivity contribution in [1.82, 2.24) is 19.4 Å². The third-order valence-corrected chi connectivity index (χ3v) is 8.46. The molecule has 2 amide bonds. The van der Waals surface area contributed by atoms with Gasteiger partial charge in [0.25, 0.3) is 5.91 Å². The van der Waals surface area contributed by atoms with Gasteiger partial charge in [-0.2, -0.15) is 4.31 Å². The van der Waals surface area contributed by atoms with Crippen molar-refractivity contribution in [3.05, 3.63) is 29.8 Å². The Morgan fingerprint density at radius 2 is 1.71 bits per heavy atom. The molecule has 0 radical (unpaired) electrons. The highest BCUT2D eigenvalue weighted by Crippen LogP contribution is 2.19. The fraction of sp³-hybridized carbons (Fsp3) is 0.680. The minimum absolute atomic E-state index is 0.0429. The number of amides is 2. The number of nitrogens with one attached hydrogen (secondary N) is 1. The Labute approximate surface area is 205 Å². The van der Waals surface area contributed by atoms with Gasteiger partial charge in [-0.15, -0.1) is 0 Å². The van der Waals surface area contributed by atoms with Gasteiger partial charge in [0, 0.05) is 50.4 Å². The van der Waals surface area contributed by atoms with Crippen molar-refractivity contribution in [2.75, 3.05) is 39.3 Å². The molecule has 34 heavy (non-hydrogen) atoms. The van der Waals surface area contributed by atoms with Gasteiger partial charge in [0.15, 0.2) is 0 Å². The Morgan fingerprint density at radius 3 is 2.26 bits per heavy atom. The fourth-order valence-corrected chi connectivity index (χ4v) is 5.76. The summed E-state index contributed by atoms with van der Waals surface area (Å²) < 4.78 is 27.1. The highest BCUT2D eigenvalue weighted by molar-refractivity contribution is 7.89. The number of carbonyl (C=O) groups excluding carboxylic acids is 2. The smallest absolute Gasteiger partial charge is 0.251 e. The molecule has 0 aliphatic carbocycles. The van der Waals surface area contributed by atoms with Crippen LogP contribution in [0.4, 0.5) is 0 Å². The maximum atomic E-state index is 13.4. The van der Waals surface area contributed by atoms with E-state index in [9.17, 15) is 18.0 Å². The molecule has 8 nitrogen and oxygen atoms in total. The van der Waals surface area contributed by atoms with Crippen LogP contribution < -0.4 is 5.32 Å². The van der Waals surface area contributed by atoms with E-state index in [4.69, 9.17) is 0 Å². The standard InChI is InChI=1S/C25H42N4O4S/c1-8-29(9-2)34(32,33)21-13-10-12-20(18-21)23(30)26-22(19(3)4)24(31)27-14-11-15-28(17-16-27)25(5,6)7/h10,12-13,18-19,22H,8-9,11,14-17H2,1-7H3,(H,26,30). The topological polar surface area (TPSA) is 90.0 Å². The van der Waals surface area contributed by atoms with Crippen molar-refractivity contribution in [2.24, 2.45) is 5.92 Å². The summed E-state index contributed by atoms with van der Waals surface area (Å²) in [6.07, 6.45) is 0.882. The number of benzene rings is 1. The minimum atomic E-state index is -3.68. The lowest BCUT2D eigenvalue weighted by molar-refractivity contribution is -0.134. The van der Waals surface area contributed by atoms with Gasteiger partial charge >= 0.3 is 0 Å². The second-order valence-electron chi connectivity index (χ2n) is 10.1. The average Bonchev–Trinajstić information content (AvgIpc) is 3.04.